The SMILES string of the molecule is CCc1ccc([C@@H]2[C@H](S(=O)(=O)CC)[C@@]2(N)COC)cc1. The zero-order chi connectivity index (χ0) is 15.0. The third-order valence-corrected chi connectivity index (χ3v) is 6.52. The Kier molecular flexibility index (Phi) is 4.23. The second kappa shape index (κ2) is 5.47. The van der Waals surface area contributed by atoms with E-state index in [1.807, 2.05) is 24.3 Å². The van der Waals surface area contributed by atoms with Crippen LogP contribution in [0.3, 0.4) is 0 Å². The number of benzene rings is 1. The van der Waals surface area contributed by atoms with Crippen LogP contribution in [-0.4, -0.2) is 38.7 Å². The smallest absolute Gasteiger partial charge is 0.155 e. The van der Waals surface area contributed by atoms with E-state index in [2.05, 4.69) is 6.92 Å². The fraction of sp³-hybridized carbons (Fsp3) is 0.600. The monoisotopic (exact) mass is 297 g/mol. The fourth-order valence-corrected chi connectivity index (χ4v) is 5.00. The molecule has 2 rings (SSSR count). The van der Waals surface area contributed by atoms with E-state index in [1.54, 1.807) is 14.0 Å². The lowest BCUT2D eigenvalue weighted by atomic mass is 10.0. The molecule has 1 saturated carbocycles. The van der Waals surface area contributed by atoms with Crippen molar-refractivity contribution in [1.82, 2.24) is 0 Å². The first-order chi connectivity index (χ1) is 9.40. The molecule has 0 spiro atoms. The van der Waals surface area contributed by atoms with Crippen LogP contribution in [0, 0.1) is 0 Å². The van der Waals surface area contributed by atoms with Crippen LogP contribution in [0.4, 0.5) is 0 Å². The van der Waals surface area contributed by atoms with Crippen LogP contribution in [0.2, 0.25) is 0 Å². The first kappa shape index (κ1) is 15.5. The maximum absolute atomic E-state index is 12.2. The summed E-state index contributed by atoms with van der Waals surface area (Å²) in [5.41, 5.74) is 7.74. The van der Waals surface area contributed by atoms with Crippen molar-refractivity contribution in [2.24, 2.45) is 5.73 Å². The standard InChI is InChI=1S/C15H23NO3S/c1-4-11-6-8-12(9-7-11)13-14(20(17,18)5-2)15(13,16)10-19-3/h6-9,13-14H,4-5,10,16H2,1-3H3/t13-,14+,15-/m1/s1. The molecule has 3 atom stereocenters. The average molecular weight is 297 g/mol. The van der Waals surface area contributed by atoms with Gasteiger partial charge < -0.3 is 10.5 Å². The topological polar surface area (TPSA) is 69.4 Å². The summed E-state index contributed by atoms with van der Waals surface area (Å²) in [5.74, 6) is -0.0533. The van der Waals surface area contributed by atoms with Gasteiger partial charge in [-0.2, -0.15) is 0 Å². The summed E-state index contributed by atoms with van der Waals surface area (Å²) in [6.07, 6.45) is 0.966. The molecule has 0 aliphatic heterocycles. The third-order valence-electron chi connectivity index (χ3n) is 4.23. The van der Waals surface area contributed by atoms with Gasteiger partial charge in [-0.1, -0.05) is 38.1 Å². The molecule has 0 aromatic heterocycles. The van der Waals surface area contributed by atoms with E-state index in [4.69, 9.17) is 10.5 Å². The average Bonchev–Trinajstić information content (AvgIpc) is 3.06. The number of hydrogen-bond donors (Lipinski definition) is 1. The molecular formula is C15H23NO3S. The number of sulfone groups is 1. The summed E-state index contributed by atoms with van der Waals surface area (Å²) in [5, 5.41) is -0.535. The molecule has 0 bridgehead atoms. The molecule has 0 unspecified atom stereocenters. The molecular weight excluding hydrogens is 274 g/mol. The number of methoxy groups -OCH3 is 1. The molecule has 112 valence electrons. The minimum atomic E-state index is -3.17. The van der Waals surface area contributed by atoms with Gasteiger partial charge >= 0.3 is 0 Å². The second-order valence-electron chi connectivity index (χ2n) is 5.49. The highest BCUT2D eigenvalue weighted by Gasteiger charge is 2.68. The first-order valence-electron chi connectivity index (χ1n) is 6.99. The Labute approximate surface area is 121 Å². The van der Waals surface area contributed by atoms with E-state index in [1.165, 1.54) is 5.56 Å². The van der Waals surface area contributed by atoms with E-state index in [9.17, 15) is 8.42 Å². The lowest BCUT2D eigenvalue weighted by Crippen LogP contribution is -2.36. The van der Waals surface area contributed by atoms with Crippen LogP contribution in [0.5, 0.6) is 0 Å². The highest BCUT2D eigenvalue weighted by atomic mass is 32.2. The molecule has 5 heteroatoms. The molecule has 20 heavy (non-hydrogen) atoms. The van der Waals surface area contributed by atoms with Crippen molar-refractivity contribution >= 4 is 9.84 Å². The predicted octanol–water partition coefficient (Wildman–Crippen LogP) is 1.49. The first-order valence-corrected chi connectivity index (χ1v) is 8.70. The normalized spacial score (nSPS) is 29.4. The molecule has 0 heterocycles. The predicted molar refractivity (Wildman–Crippen MR) is 80.6 cm³/mol. The maximum atomic E-state index is 12.2. The number of aryl methyl sites for hydroxylation is 1. The molecule has 0 saturated heterocycles. The third kappa shape index (κ3) is 2.50. The van der Waals surface area contributed by atoms with Gasteiger partial charge in [0.15, 0.2) is 9.84 Å². The summed E-state index contributed by atoms with van der Waals surface area (Å²) in [7, 11) is -1.62. The summed E-state index contributed by atoms with van der Waals surface area (Å²) < 4.78 is 29.6. The Morgan fingerprint density at radius 2 is 1.85 bits per heavy atom. The fourth-order valence-electron chi connectivity index (χ4n) is 3.01. The molecule has 4 nitrogen and oxygen atoms in total. The largest absolute Gasteiger partial charge is 0.383 e. The Hall–Kier alpha value is -0.910. The zero-order valence-electron chi connectivity index (χ0n) is 12.3. The highest BCUT2D eigenvalue weighted by molar-refractivity contribution is 7.92. The van der Waals surface area contributed by atoms with Crippen molar-refractivity contribution in [3.63, 3.8) is 0 Å². The van der Waals surface area contributed by atoms with E-state index < -0.39 is 20.6 Å². The van der Waals surface area contributed by atoms with Crippen LogP contribution in [0.25, 0.3) is 0 Å². The summed E-state index contributed by atoms with van der Waals surface area (Å²) >= 11 is 0. The maximum Gasteiger partial charge on any atom is 0.155 e. The van der Waals surface area contributed by atoms with Gasteiger partial charge in [0, 0.05) is 18.8 Å². The van der Waals surface area contributed by atoms with Crippen molar-refractivity contribution in [2.75, 3.05) is 19.5 Å². The van der Waals surface area contributed by atoms with Crippen molar-refractivity contribution in [3.8, 4) is 0 Å². The van der Waals surface area contributed by atoms with Crippen LogP contribution in [0.15, 0.2) is 24.3 Å². The molecule has 1 aromatic carbocycles. The van der Waals surface area contributed by atoms with E-state index in [0.29, 0.717) is 0 Å². The quantitative estimate of drug-likeness (QED) is 0.864. The lowest BCUT2D eigenvalue weighted by Gasteiger charge is -2.10. The Balaban J connectivity index is 2.33. The molecule has 1 aliphatic carbocycles. The van der Waals surface area contributed by atoms with Crippen LogP contribution >= 0.6 is 0 Å². The van der Waals surface area contributed by atoms with Gasteiger partial charge in [0.05, 0.1) is 17.4 Å². The van der Waals surface area contributed by atoms with Crippen LogP contribution < -0.4 is 5.73 Å². The van der Waals surface area contributed by atoms with E-state index >= 15 is 0 Å². The van der Waals surface area contributed by atoms with Gasteiger partial charge in [-0.25, -0.2) is 8.42 Å². The van der Waals surface area contributed by atoms with E-state index in [-0.39, 0.29) is 18.3 Å². The van der Waals surface area contributed by atoms with Gasteiger partial charge in [-0.15, -0.1) is 0 Å². The Morgan fingerprint density at radius 1 is 1.25 bits per heavy atom. The van der Waals surface area contributed by atoms with Gasteiger partial charge in [-0.05, 0) is 17.5 Å². The Bertz CT molecular complexity index is 567. The number of hydrogen-bond acceptors (Lipinski definition) is 4. The van der Waals surface area contributed by atoms with Crippen molar-refractivity contribution in [3.05, 3.63) is 35.4 Å². The van der Waals surface area contributed by atoms with Crippen LogP contribution in [-0.2, 0) is 21.0 Å². The minimum absolute atomic E-state index is 0.115. The number of rotatable bonds is 6. The van der Waals surface area contributed by atoms with Gasteiger partial charge in [0.2, 0.25) is 0 Å². The van der Waals surface area contributed by atoms with Gasteiger partial charge in [0.1, 0.15) is 0 Å². The van der Waals surface area contributed by atoms with Crippen LogP contribution in [0.1, 0.15) is 30.9 Å². The summed E-state index contributed by atoms with van der Waals surface area (Å²) in [6, 6.07) is 8.06. The minimum Gasteiger partial charge on any atom is -0.383 e. The second-order valence-corrected chi connectivity index (χ2v) is 7.90. The van der Waals surface area contributed by atoms with Crippen molar-refractivity contribution in [2.45, 2.75) is 37.0 Å². The zero-order valence-corrected chi connectivity index (χ0v) is 13.1. The highest BCUT2D eigenvalue weighted by Crippen LogP contribution is 2.54. The lowest BCUT2D eigenvalue weighted by molar-refractivity contribution is 0.171. The summed E-state index contributed by atoms with van der Waals surface area (Å²) in [4.78, 5) is 0. The van der Waals surface area contributed by atoms with Crippen molar-refractivity contribution in [1.29, 1.82) is 0 Å². The molecule has 0 radical (unpaired) electrons. The molecule has 2 N–H and O–H groups in total. The molecule has 1 fully saturated rings. The number of nitrogens with two attached hydrogens (primary N) is 1. The summed E-state index contributed by atoms with van der Waals surface area (Å²) in [6.45, 7) is 4.02. The number of ether oxygens (including phenoxy) is 1. The van der Waals surface area contributed by atoms with Crippen molar-refractivity contribution < 1.29 is 13.2 Å². The molecule has 0 amide bonds. The Morgan fingerprint density at radius 3 is 2.30 bits per heavy atom. The van der Waals surface area contributed by atoms with Gasteiger partial charge in [0.25, 0.3) is 0 Å². The van der Waals surface area contributed by atoms with Gasteiger partial charge in [-0.3, -0.25) is 0 Å². The van der Waals surface area contributed by atoms with E-state index in [0.717, 1.165) is 12.0 Å². The molecule has 1 aromatic rings. The molecule has 1 aliphatic rings.